The van der Waals surface area contributed by atoms with Crippen LogP contribution in [0.5, 0.6) is 0 Å². The van der Waals surface area contributed by atoms with Gasteiger partial charge in [0.1, 0.15) is 0 Å². The fourth-order valence-electron chi connectivity index (χ4n) is 1.46. The summed E-state index contributed by atoms with van der Waals surface area (Å²) in [6.07, 6.45) is 1.46. The minimum Gasteiger partial charge on any atom is -0.328 e. The lowest BCUT2D eigenvalue weighted by molar-refractivity contribution is 0.700. The second-order valence-electron chi connectivity index (χ2n) is 3.14. The maximum atomic E-state index is 11.8. The molecule has 0 saturated heterocycles. The Labute approximate surface area is 83.5 Å². The van der Waals surface area contributed by atoms with E-state index in [9.17, 15) is 9.59 Å². The van der Waals surface area contributed by atoms with Crippen molar-refractivity contribution in [3.05, 3.63) is 27.2 Å². The van der Waals surface area contributed by atoms with Gasteiger partial charge in [-0.2, -0.15) is 4.68 Å². The molecule has 0 fully saturated rings. The first-order valence-corrected chi connectivity index (χ1v) is 4.17. The minimum absolute atomic E-state index is 0.315. The predicted molar refractivity (Wildman–Crippen MR) is 53.8 cm³/mol. The third-order valence-corrected chi connectivity index (χ3v) is 2.25. The Hall–Kier alpha value is -2.09. The summed E-state index contributed by atoms with van der Waals surface area (Å²) in [7, 11) is 3.19. The second-order valence-corrected chi connectivity index (χ2v) is 3.14. The van der Waals surface area contributed by atoms with Gasteiger partial charge in [0.15, 0.2) is 11.2 Å². The van der Waals surface area contributed by atoms with Crippen molar-refractivity contribution in [1.82, 2.24) is 18.8 Å². The quantitative estimate of drug-likeness (QED) is 0.413. The van der Waals surface area contributed by atoms with Crippen molar-refractivity contribution in [1.29, 1.82) is 0 Å². The van der Waals surface area contributed by atoms with Crippen LogP contribution in [0.25, 0.3) is 11.2 Å². The van der Waals surface area contributed by atoms with Crippen molar-refractivity contribution in [2.75, 3.05) is 5.53 Å². The number of rotatable bonds is 1. The number of aromatic nitrogens is 4. The Balaban J connectivity index is 3.13. The highest BCUT2D eigenvalue weighted by molar-refractivity contribution is 5.69. The van der Waals surface area contributed by atoms with E-state index in [-0.39, 0.29) is 0 Å². The summed E-state index contributed by atoms with van der Waals surface area (Å²) in [5.41, 5.74) is 1.61. The van der Waals surface area contributed by atoms with Gasteiger partial charge >= 0.3 is 11.2 Å². The van der Waals surface area contributed by atoms with E-state index >= 15 is 0 Å². The molecule has 0 bridgehead atoms. The Bertz CT molecular complexity index is 633. The lowest BCUT2D eigenvalue weighted by Crippen LogP contribution is -2.46. The summed E-state index contributed by atoms with van der Waals surface area (Å²) in [5.74, 6) is 5.10. The van der Waals surface area contributed by atoms with E-state index in [1.54, 1.807) is 7.05 Å². The van der Waals surface area contributed by atoms with Crippen LogP contribution >= 0.6 is 0 Å². The average Bonchev–Trinajstić information content (AvgIpc) is 2.58. The Kier molecular flexibility index (Phi) is 1.86. The number of imidazole rings is 1. The van der Waals surface area contributed by atoms with E-state index in [1.807, 2.05) is 5.53 Å². The molecule has 2 aromatic rings. The summed E-state index contributed by atoms with van der Waals surface area (Å²) in [5, 5.41) is 0. The standard InChI is InChI=1S/C7H10N6O2/c1-11-3-9-5-4(11)6(14)13(10-8)7(15)12(5)2/h3,10H,8H2,1-2H3. The third-order valence-electron chi connectivity index (χ3n) is 2.25. The first-order chi connectivity index (χ1) is 7.07. The SMILES string of the molecule is Cn1cnc2c1c(=O)n(NN)c(=O)n2C. The molecule has 0 aliphatic carbocycles. The van der Waals surface area contributed by atoms with E-state index in [1.165, 1.54) is 22.5 Å². The number of nitrogens with zero attached hydrogens (tertiary/aromatic N) is 4. The molecule has 80 valence electrons. The molecule has 0 saturated carbocycles. The molecule has 0 aliphatic rings. The van der Waals surface area contributed by atoms with E-state index in [0.717, 1.165) is 4.68 Å². The molecule has 0 unspecified atom stereocenters. The third kappa shape index (κ3) is 1.08. The molecule has 2 rings (SSSR count). The first kappa shape index (κ1) is 9.46. The van der Waals surface area contributed by atoms with Crippen LogP contribution in [0.15, 0.2) is 15.9 Å². The van der Waals surface area contributed by atoms with Crippen LogP contribution in [0.4, 0.5) is 0 Å². The van der Waals surface area contributed by atoms with Crippen molar-refractivity contribution < 1.29 is 0 Å². The number of nitrogen functional groups attached to an aromatic ring is 1. The number of hydrazine groups is 1. The smallest absolute Gasteiger partial charge is 0.328 e. The normalized spacial score (nSPS) is 10.9. The molecule has 0 atom stereocenters. The molecular formula is C7H10N6O2. The molecule has 0 amide bonds. The topological polar surface area (TPSA) is 99.9 Å². The molecule has 3 N–H and O–H groups in total. The lowest BCUT2D eigenvalue weighted by Gasteiger charge is -2.06. The van der Waals surface area contributed by atoms with Crippen molar-refractivity contribution in [3.8, 4) is 0 Å². The van der Waals surface area contributed by atoms with Gasteiger partial charge in [-0.25, -0.2) is 15.6 Å². The molecule has 8 nitrogen and oxygen atoms in total. The van der Waals surface area contributed by atoms with E-state index < -0.39 is 11.2 Å². The lowest BCUT2D eigenvalue weighted by atomic mass is 10.5. The van der Waals surface area contributed by atoms with Crippen molar-refractivity contribution in [2.24, 2.45) is 19.9 Å². The number of hydrogen-bond donors (Lipinski definition) is 2. The molecule has 8 heteroatoms. The Morgan fingerprint density at radius 3 is 2.67 bits per heavy atom. The largest absolute Gasteiger partial charge is 0.352 e. The van der Waals surface area contributed by atoms with Gasteiger partial charge in [0.25, 0.3) is 0 Å². The highest BCUT2D eigenvalue weighted by Crippen LogP contribution is 2.01. The minimum atomic E-state index is -0.561. The molecule has 2 heterocycles. The molecule has 0 aromatic carbocycles. The van der Waals surface area contributed by atoms with Crippen LogP contribution in [-0.2, 0) is 14.1 Å². The van der Waals surface area contributed by atoms with Crippen LogP contribution < -0.4 is 22.6 Å². The molecule has 0 aliphatic heterocycles. The summed E-state index contributed by atoms with van der Waals surface area (Å²) in [6, 6.07) is 0. The molecule has 0 spiro atoms. The van der Waals surface area contributed by atoms with Crippen molar-refractivity contribution in [3.63, 3.8) is 0 Å². The Morgan fingerprint density at radius 2 is 2.07 bits per heavy atom. The maximum Gasteiger partial charge on any atom is 0.352 e. The van der Waals surface area contributed by atoms with Crippen LogP contribution in [0.3, 0.4) is 0 Å². The molecule has 15 heavy (non-hydrogen) atoms. The van der Waals surface area contributed by atoms with E-state index in [2.05, 4.69) is 4.98 Å². The predicted octanol–water partition coefficient (Wildman–Crippen LogP) is -2.15. The molecular weight excluding hydrogens is 200 g/mol. The van der Waals surface area contributed by atoms with Gasteiger partial charge in [0, 0.05) is 14.1 Å². The highest BCUT2D eigenvalue weighted by atomic mass is 16.2. The van der Waals surface area contributed by atoms with Gasteiger partial charge in [-0.1, -0.05) is 0 Å². The zero-order valence-corrected chi connectivity index (χ0v) is 8.26. The van der Waals surface area contributed by atoms with Crippen LogP contribution in [0.2, 0.25) is 0 Å². The van der Waals surface area contributed by atoms with Gasteiger partial charge in [-0.05, 0) is 0 Å². The van der Waals surface area contributed by atoms with Gasteiger partial charge in [0.2, 0.25) is 0 Å². The number of nitrogens with one attached hydrogen (secondary N) is 1. The summed E-state index contributed by atoms with van der Waals surface area (Å²) in [6.45, 7) is 0. The monoisotopic (exact) mass is 210 g/mol. The Morgan fingerprint density at radius 1 is 1.40 bits per heavy atom. The van der Waals surface area contributed by atoms with E-state index in [4.69, 9.17) is 5.84 Å². The maximum absolute atomic E-state index is 11.8. The summed E-state index contributed by atoms with van der Waals surface area (Å²) >= 11 is 0. The molecule has 2 aromatic heterocycles. The fourth-order valence-corrected chi connectivity index (χ4v) is 1.46. The van der Waals surface area contributed by atoms with Gasteiger partial charge in [-0.15, -0.1) is 0 Å². The number of hydrogen-bond acceptors (Lipinski definition) is 5. The number of fused-ring (bicyclic) bond motifs is 1. The number of aryl methyl sites for hydroxylation is 2. The van der Waals surface area contributed by atoms with E-state index in [0.29, 0.717) is 11.2 Å². The van der Waals surface area contributed by atoms with Gasteiger partial charge in [-0.3, -0.25) is 14.9 Å². The first-order valence-electron chi connectivity index (χ1n) is 4.17. The summed E-state index contributed by atoms with van der Waals surface area (Å²) < 4.78 is 3.51. The zero-order valence-electron chi connectivity index (χ0n) is 8.26. The molecule has 0 radical (unpaired) electrons. The fraction of sp³-hybridized carbons (Fsp3) is 0.286. The summed E-state index contributed by atoms with van der Waals surface area (Å²) in [4.78, 5) is 27.3. The zero-order chi connectivity index (χ0) is 11.2. The second kappa shape index (κ2) is 2.95. The van der Waals surface area contributed by atoms with Crippen LogP contribution in [-0.4, -0.2) is 18.8 Å². The van der Waals surface area contributed by atoms with Crippen molar-refractivity contribution >= 4 is 11.2 Å². The van der Waals surface area contributed by atoms with Gasteiger partial charge < -0.3 is 4.57 Å². The number of nitrogens with two attached hydrogens (primary N) is 1. The van der Waals surface area contributed by atoms with Crippen LogP contribution in [0.1, 0.15) is 0 Å². The average molecular weight is 210 g/mol. The van der Waals surface area contributed by atoms with Crippen molar-refractivity contribution in [2.45, 2.75) is 0 Å². The highest BCUT2D eigenvalue weighted by Gasteiger charge is 2.13. The van der Waals surface area contributed by atoms with Gasteiger partial charge in [0.05, 0.1) is 6.33 Å². The van der Waals surface area contributed by atoms with Crippen LogP contribution in [0, 0.1) is 0 Å².